The maximum absolute atomic E-state index is 6.49. The van der Waals surface area contributed by atoms with Gasteiger partial charge in [-0.05, 0) is 96.8 Å². The molecule has 7 rings (SSSR count). The van der Waals surface area contributed by atoms with E-state index in [4.69, 9.17) is 14.8 Å². The van der Waals surface area contributed by atoms with Crippen molar-refractivity contribution in [3.63, 3.8) is 0 Å². The first kappa shape index (κ1) is 28.6. The van der Waals surface area contributed by atoms with Gasteiger partial charge in [-0.25, -0.2) is 9.67 Å². The van der Waals surface area contributed by atoms with E-state index in [1.807, 2.05) is 41.3 Å². The number of fused-ring (bicyclic) bond motifs is 3. The first-order valence-electron chi connectivity index (χ1n) is 15.9. The minimum atomic E-state index is 0.664. The summed E-state index contributed by atoms with van der Waals surface area (Å²) in [5.41, 5.74) is 9.48. The Labute approximate surface area is 264 Å². The summed E-state index contributed by atoms with van der Waals surface area (Å²) in [4.78, 5) is 4.75. The molecule has 45 heavy (non-hydrogen) atoms. The van der Waals surface area contributed by atoms with Crippen LogP contribution in [0.15, 0.2) is 116 Å². The minimum absolute atomic E-state index is 0.664. The van der Waals surface area contributed by atoms with E-state index in [1.165, 1.54) is 33.0 Å². The number of nitrogens with zero attached hydrogens (tertiary/aromatic N) is 4. The van der Waals surface area contributed by atoms with Gasteiger partial charge in [-0.1, -0.05) is 63.2 Å². The fourth-order valence-corrected chi connectivity index (χ4v) is 6.28. The lowest BCUT2D eigenvalue weighted by Gasteiger charge is -2.12. The molecule has 0 spiro atoms. The third-order valence-electron chi connectivity index (χ3n) is 8.63. The maximum atomic E-state index is 6.49. The van der Waals surface area contributed by atoms with E-state index in [9.17, 15) is 0 Å². The van der Waals surface area contributed by atoms with Crippen molar-refractivity contribution in [1.82, 2.24) is 19.3 Å². The smallest absolute Gasteiger partial charge is 0.137 e. The van der Waals surface area contributed by atoms with Crippen molar-refractivity contribution in [1.29, 1.82) is 0 Å². The minimum Gasteiger partial charge on any atom is -0.457 e. The molecule has 0 unspecified atom stereocenters. The molecule has 0 radical (unpaired) electrons. The Bertz CT molecular complexity index is 2130. The lowest BCUT2D eigenvalue weighted by molar-refractivity contribution is 0.483. The molecule has 0 atom stereocenters. The normalized spacial score (nSPS) is 11.6. The van der Waals surface area contributed by atoms with Gasteiger partial charge < -0.3 is 4.74 Å². The number of ether oxygens (including phenoxy) is 1. The molecule has 5 nitrogen and oxygen atoms in total. The monoisotopic (exact) mass is 590 g/mol. The lowest BCUT2D eigenvalue weighted by Crippen LogP contribution is -1.98. The third kappa shape index (κ3) is 5.62. The quantitative estimate of drug-likeness (QED) is 0.168. The van der Waals surface area contributed by atoms with E-state index in [0.29, 0.717) is 5.92 Å². The van der Waals surface area contributed by atoms with Crippen molar-refractivity contribution in [2.24, 2.45) is 5.92 Å². The molecule has 5 heteroatoms. The number of benzene rings is 4. The van der Waals surface area contributed by atoms with Gasteiger partial charge in [0.25, 0.3) is 0 Å². The molecular weight excluding hydrogens is 552 g/mol. The SMILES string of the molecule is CCc1ccnc(-n2c3ccccc3c3ccc(Oc4cccc(-n5cc(-c6c(C)cccc6CCC(C)C)cn5)c4)cc32)c1. The number of aryl methyl sites for hydroxylation is 3. The molecular formula is C40H38N4O. The fourth-order valence-electron chi connectivity index (χ4n) is 6.28. The zero-order valence-corrected chi connectivity index (χ0v) is 26.4. The molecule has 7 aromatic rings. The van der Waals surface area contributed by atoms with Gasteiger partial charge in [-0.2, -0.15) is 5.10 Å². The second kappa shape index (κ2) is 12.1. The van der Waals surface area contributed by atoms with E-state index in [1.54, 1.807) is 0 Å². The van der Waals surface area contributed by atoms with Crippen LogP contribution in [0.4, 0.5) is 0 Å². The number of hydrogen-bond acceptors (Lipinski definition) is 3. The van der Waals surface area contributed by atoms with Gasteiger partial charge in [0.2, 0.25) is 0 Å². The van der Waals surface area contributed by atoms with E-state index in [2.05, 4.69) is 111 Å². The van der Waals surface area contributed by atoms with Crippen molar-refractivity contribution in [3.8, 4) is 34.1 Å². The zero-order valence-electron chi connectivity index (χ0n) is 26.4. The Morgan fingerprint density at radius 2 is 1.62 bits per heavy atom. The number of para-hydroxylation sites is 1. The number of rotatable bonds is 9. The molecule has 0 bridgehead atoms. The van der Waals surface area contributed by atoms with E-state index < -0.39 is 0 Å². The first-order valence-corrected chi connectivity index (χ1v) is 15.9. The highest BCUT2D eigenvalue weighted by Crippen LogP contribution is 2.36. The molecule has 0 aliphatic rings. The van der Waals surface area contributed by atoms with Crippen LogP contribution in [0.2, 0.25) is 0 Å². The molecule has 0 saturated heterocycles. The largest absolute Gasteiger partial charge is 0.457 e. The van der Waals surface area contributed by atoms with Crippen LogP contribution in [-0.2, 0) is 12.8 Å². The Morgan fingerprint density at radius 1 is 0.800 bits per heavy atom. The van der Waals surface area contributed by atoms with Crippen molar-refractivity contribution >= 4 is 21.8 Å². The molecule has 0 aliphatic heterocycles. The highest BCUT2D eigenvalue weighted by molar-refractivity contribution is 6.09. The van der Waals surface area contributed by atoms with E-state index in [0.717, 1.165) is 58.9 Å². The Balaban J connectivity index is 1.22. The van der Waals surface area contributed by atoms with Crippen LogP contribution >= 0.6 is 0 Å². The second-order valence-electron chi connectivity index (χ2n) is 12.2. The number of pyridine rings is 1. The average molecular weight is 591 g/mol. The highest BCUT2D eigenvalue weighted by atomic mass is 16.5. The summed E-state index contributed by atoms with van der Waals surface area (Å²) < 4.78 is 10.7. The average Bonchev–Trinajstić information content (AvgIpc) is 3.67. The highest BCUT2D eigenvalue weighted by Gasteiger charge is 2.15. The standard InChI is InChI=1S/C40H38N4O/c1-5-29-20-21-41-39(22-29)44-37-15-7-6-14-35(37)36-19-18-34(24-38(36)44)45-33-13-9-12-32(23-33)43-26-31(25-42-43)40-28(4)10-8-11-30(40)17-16-27(2)3/h6-15,18-27H,5,16-17H2,1-4H3. The van der Waals surface area contributed by atoms with Gasteiger partial charge in [-0.15, -0.1) is 0 Å². The molecule has 0 N–H and O–H groups in total. The molecule has 4 aromatic carbocycles. The molecule has 224 valence electrons. The number of aromatic nitrogens is 4. The third-order valence-corrected chi connectivity index (χ3v) is 8.63. The Hall–Kier alpha value is -5.16. The summed E-state index contributed by atoms with van der Waals surface area (Å²) in [7, 11) is 0. The molecule has 0 fully saturated rings. The van der Waals surface area contributed by atoms with Crippen molar-refractivity contribution in [2.75, 3.05) is 0 Å². The first-order chi connectivity index (χ1) is 22.0. The van der Waals surface area contributed by atoms with Crippen LogP contribution in [0.5, 0.6) is 11.5 Å². The predicted molar refractivity (Wildman–Crippen MR) is 185 cm³/mol. The van der Waals surface area contributed by atoms with Crippen LogP contribution in [0.1, 0.15) is 43.9 Å². The molecule has 0 saturated carbocycles. The number of hydrogen-bond donors (Lipinski definition) is 0. The Kier molecular flexibility index (Phi) is 7.68. The molecule has 0 aliphatic carbocycles. The van der Waals surface area contributed by atoms with Gasteiger partial charge in [0.1, 0.15) is 17.3 Å². The maximum Gasteiger partial charge on any atom is 0.137 e. The van der Waals surface area contributed by atoms with Gasteiger partial charge in [0, 0.05) is 40.9 Å². The Morgan fingerprint density at radius 3 is 2.49 bits per heavy atom. The van der Waals surface area contributed by atoms with Crippen LogP contribution in [-0.4, -0.2) is 19.3 Å². The van der Waals surface area contributed by atoms with Crippen molar-refractivity contribution in [3.05, 3.63) is 132 Å². The van der Waals surface area contributed by atoms with E-state index in [-0.39, 0.29) is 0 Å². The van der Waals surface area contributed by atoms with Gasteiger partial charge in [0.05, 0.1) is 22.9 Å². The van der Waals surface area contributed by atoms with Crippen LogP contribution < -0.4 is 4.74 Å². The summed E-state index contributed by atoms with van der Waals surface area (Å²) in [6.45, 7) is 8.92. The van der Waals surface area contributed by atoms with Crippen LogP contribution in [0, 0.1) is 12.8 Å². The summed E-state index contributed by atoms with van der Waals surface area (Å²) in [5, 5.41) is 7.13. The summed E-state index contributed by atoms with van der Waals surface area (Å²) in [6.07, 6.45) is 9.18. The lowest BCUT2D eigenvalue weighted by atomic mass is 9.92. The topological polar surface area (TPSA) is 44.9 Å². The van der Waals surface area contributed by atoms with Gasteiger partial charge in [-0.3, -0.25) is 4.57 Å². The molecule has 0 amide bonds. The summed E-state index contributed by atoms with van der Waals surface area (Å²) >= 11 is 0. The predicted octanol–water partition coefficient (Wildman–Crippen LogP) is 10.3. The summed E-state index contributed by atoms with van der Waals surface area (Å²) in [6, 6.07) is 33.8. The van der Waals surface area contributed by atoms with Gasteiger partial charge >= 0.3 is 0 Å². The molecule has 3 aromatic heterocycles. The van der Waals surface area contributed by atoms with Crippen LogP contribution in [0.25, 0.3) is 44.4 Å². The second-order valence-corrected chi connectivity index (χ2v) is 12.2. The van der Waals surface area contributed by atoms with Gasteiger partial charge in [0.15, 0.2) is 0 Å². The van der Waals surface area contributed by atoms with Crippen molar-refractivity contribution in [2.45, 2.75) is 47.0 Å². The summed E-state index contributed by atoms with van der Waals surface area (Å²) in [5.74, 6) is 3.10. The van der Waals surface area contributed by atoms with Crippen molar-refractivity contribution < 1.29 is 4.74 Å². The zero-order chi connectivity index (χ0) is 30.9. The fraction of sp³-hybridized carbons (Fsp3) is 0.200. The van der Waals surface area contributed by atoms with Crippen LogP contribution in [0.3, 0.4) is 0 Å². The van der Waals surface area contributed by atoms with E-state index >= 15 is 0 Å². The molecule has 3 heterocycles.